The van der Waals surface area contributed by atoms with Crippen LogP contribution in [-0.4, -0.2) is 30.0 Å². The van der Waals surface area contributed by atoms with Crippen LogP contribution in [0.1, 0.15) is 21.7 Å². The molecule has 1 amide bonds. The summed E-state index contributed by atoms with van der Waals surface area (Å²) in [6.45, 7) is 2.23. The number of aromatic nitrogens is 2. The highest BCUT2D eigenvalue weighted by Gasteiger charge is 2.08. The van der Waals surface area contributed by atoms with Gasteiger partial charge in [-0.15, -0.1) is 0 Å². The van der Waals surface area contributed by atoms with E-state index in [-0.39, 0.29) is 5.91 Å². The van der Waals surface area contributed by atoms with E-state index in [0.717, 1.165) is 11.4 Å². The highest BCUT2D eigenvalue weighted by Crippen LogP contribution is 2.08. The molecule has 0 aliphatic carbocycles. The van der Waals surface area contributed by atoms with Crippen molar-refractivity contribution in [3.8, 4) is 0 Å². The summed E-state index contributed by atoms with van der Waals surface area (Å²) in [7, 11) is 3.83. The van der Waals surface area contributed by atoms with E-state index in [1.54, 1.807) is 6.20 Å². The molecule has 2 aromatic rings. The molecule has 0 saturated carbocycles. The molecule has 0 unspecified atom stereocenters. The summed E-state index contributed by atoms with van der Waals surface area (Å²) in [4.78, 5) is 22.5. The summed E-state index contributed by atoms with van der Waals surface area (Å²) in [5, 5.41) is 2.84. The zero-order chi connectivity index (χ0) is 14.5. The maximum absolute atomic E-state index is 12.1. The van der Waals surface area contributed by atoms with Crippen LogP contribution in [0.5, 0.6) is 0 Å². The van der Waals surface area contributed by atoms with Gasteiger partial charge in [-0.25, -0.2) is 9.97 Å². The summed E-state index contributed by atoms with van der Waals surface area (Å²) in [6, 6.07) is 9.31. The van der Waals surface area contributed by atoms with Gasteiger partial charge < -0.3 is 10.2 Å². The van der Waals surface area contributed by atoms with Gasteiger partial charge in [0, 0.05) is 25.9 Å². The minimum absolute atomic E-state index is 0.109. The Balaban J connectivity index is 2.04. The van der Waals surface area contributed by atoms with Gasteiger partial charge in [-0.05, 0) is 24.6 Å². The molecule has 20 heavy (non-hydrogen) atoms. The zero-order valence-corrected chi connectivity index (χ0v) is 11.9. The molecule has 2 rings (SSSR count). The number of carbonyl (C=O) groups is 1. The number of carbonyl (C=O) groups excluding carboxylic acids is 1. The van der Waals surface area contributed by atoms with Gasteiger partial charge in [0.05, 0.1) is 6.54 Å². The van der Waals surface area contributed by atoms with Crippen molar-refractivity contribution in [2.75, 3.05) is 19.0 Å². The van der Waals surface area contributed by atoms with Crippen molar-refractivity contribution in [2.24, 2.45) is 0 Å². The predicted octanol–water partition coefficient (Wildman–Crippen LogP) is 1.78. The van der Waals surface area contributed by atoms with Gasteiger partial charge in [0.1, 0.15) is 11.6 Å². The molecule has 5 nitrogen and oxygen atoms in total. The summed E-state index contributed by atoms with van der Waals surface area (Å²) in [5.41, 5.74) is 1.63. The van der Waals surface area contributed by atoms with E-state index in [1.165, 1.54) is 0 Å². The van der Waals surface area contributed by atoms with Crippen molar-refractivity contribution >= 4 is 11.7 Å². The fourth-order valence-electron chi connectivity index (χ4n) is 1.80. The molecule has 1 N–H and O–H groups in total. The average Bonchev–Trinajstić information content (AvgIpc) is 2.45. The van der Waals surface area contributed by atoms with Gasteiger partial charge >= 0.3 is 0 Å². The molecule has 5 heteroatoms. The second kappa shape index (κ2) is 6.14. The van der Waals surface area contributed by atoms with E-state index >= 15 is 0 Å². The number of hydrogen-bond donors (Lipinski definition) is 1. The van der Waals surface area contributed by atoms with E-state index in [2.05, 4.69) is 15.3 Å². The first-order valence-corrected chi connectivity index (χ1v) is 6.41. The quantitative estimate of drug-likeness (QED) is 0.920. The Morgan fingerprint density at radius 2 is 2.00 bits per heavy atom. The van der Waals surface area contributed by atoms with Crippen LogP contribution in [0.25, 0.3) is 0 Å². The molecule has 0 fully saturated rings. The number of anilines is 1. The Labute approximate surface area is 118 Å². The summed E-state index contributed by atoms with van der Waals surface area (Å²) in [5.74, 6) is 1.31. The second-order valence-corrected chi connectivity index (χ2v) is 4.72. The molecule has 0 spiro atoms. The van der Waals surface area contributed by atoms with E-state index < -0.39 is 0 Å². The number of benzene rings is 1. The van der Waals surface area contributed by atoms with Crippen molar-refractivity contribution in [2.45, 2.75) is 13.5 Å². The summed E-state index contributed by atoms with van der Waals surface area (Å²) < 4.78 is 0. The van der Waals surface area contributed by atoms with Crippen LogP contribution < -0.4 is 10.2 Å². The Morgan fingerprint density at radius 3 is 2.70 bits per heavy atom. The molecule has 1 aromatic carbocycles. The maximum Gasteiger partial charge on any atom is 0.251 e. The Kier molecular flexibility index (Phi) is 4.30. The van der Waals surface area contributed by atoms with E-state index in [4.69, 9.17) is 0 Å². The van der Waals surface area contributed by atoms with Crippen molar-refractivity contribution < 1.29 is 4.79 Å². The molecular formula is C15H18N4O. The zero-order valence-electron chi connectivity index (χ0n) is 11.9. The minimum Gasteiger partial charge on any atom is -0.363 e. The van der Waals surface area contributed by atoms with E-state index in [0.29, 0.717) is 17.9 Å². The number of aryl methyl sites for hydroxylation is 1. The summed E-state index contributed by atoms with van der Waals surface area (Å²) >= 11 is 0. The number of amides is 1. The SMILES string of the molecule is Cc1ccccc1C(=O)NCc1nccc(N(C)C)n1. The number of rotatable bonds is 4. The third-order valence-corrected chi connectivity index (χ3v) is 2.95. The van der Waals surface area contributed by atoms with Crippen molar-refractivity contribution in [3.05, 3.63) is 53.5 Å². The van der Waals surface area contributed by atoms with Crippen LogP contribution >= 0.6 is 0 Å². The molecule has 0 radical (unpaired) electrons. The first-order valence-electron chi connectivity index (χ1n) is 6.41. The second-order valence-electron chi connectivity index (χ2n) is 4.72. The largest absolute Gasteiger partial charge is 0.363 e. The van der Waals surface area contributed by atoms with E-state index in [1.807, 2.05) is 56.3 Å². The van der Waals surface area contributed by atoms with Crippen molar-refractivity contribution in [1.82, 2.24) is 15.3 Å². The van der Waals surface area contributed by atoms with E-state index in [9.17, 15) is 4.79 Å². The normalized spacial score (nSPS) is 10.2. The van der Waals surface area contributed by atoms with Gasteiger partial charge in [-0.3, -0.25) is 4.79 Å². The lowest BCUT2D eigenvalue weighted by Crippen LogP contribution is -2.25. The number of nitrogens with zero attached hydrogens (tertiary/aromatic N) is 3. The third-order valence-electron chi connectivity index (χ3n) is 2.95. The fourth-order valence-corrected chi connectivity index (χ4v) is 1.80. The van der Waals surface area contributed by atoms with Gasteiger partial charge in [0.15, 0.2) is 0 Å². The van der Waals surface area contributed by atoms with Crippen molar-refractivity contribution in [1.29, 1.82) is 0 Å². The highest BCUT2D eigenvalue weighted by atomic mass is 16.1. The molecule has 0 saturated heterocycles. The molecule has 1 heterocycles. The smallest absolute Gasteiger partial charge is 0.251 e. The molecule has 0 bridgehead atoms. The standard InChI is InChI=1S/C15H18N4O/c1-11-6-4-5-7-12(11)15(20)17-10-13-16-9-8-14(18-13)19(2)3/h4-9H,10H2,1-3H3,(H,17,20). The molecule has 1 aromatic heterocycles. The van der Waals surface area contributed by atoms with Crippen LogP contribution in [0.15, 0.2) is 36.5 Å². The lowest BCUT2D eigenvalue weighted by Gasteiger charge is -2.12. The van der Waals surface area contributed by atoms with Crippen molar-refractivity contribution in [3.63, 3.8) is 0 Å². The number of nitrogens with one attached hydrogen (secondary N) is 1. The minimum atomic E-state index is -0.109. The first kappa shape index (κ1) is 14.0. The van der Waals surface area contributed by atoms with Crippen LogP contribution in [0, 0.1) is 6.92 Å². The fraction of sp³-hybridized carbons (Fsp3) is 0.267. The molecule has 0 aliphatic rings. The average molecular weight is 270 g/mol. The van der Waals surface area contributed by atoms with Crippen LogP contribution in [0.2, 0.25) is 0 Å². The van der Waals surface area contributed by atoms with Gasteiger partial charge in [0.2, 0.25) is 0 Å². The predicted molar refractivity (Wildman–Crippen MR) is 78.7 cm³/mol. The lowest BCUT2D eigenvalue weighted by atomic mass is 10.1. The Hall–Kier alpha value is -2.43. The van der Waals surface area contributed by atoms with Crippen LogP contribution in [0.3, 0.4) is 0 Å². The highest BCUT2D eigenvalue weighted by molar-refractivity contribution is 5.95. The van der Waals surface area contributed by atoms with Gasteiger partial charge in [0.25, 0.3) is 5.91 Å². The molecular weight excluding hydrogens is 252 g/mol. The molecule has 0 aliphatic heterocycles. The van der Waals surface area contributed by atoms with Crippen LogP contribution in [-0.2, 0) is 6.54 Å². The maximum atomic E-state index is 12.1. The number of hydrogen-bond acceptors (Lipinski definition) is 4. The Bertz CT molecular complexity index is 610. The van der Waals surface area contributed by atoms with Crippen LogP contribution in [0.4, 0.5) is 5.82 Å². The molecule has 104 valence electrons. The Morgan fingerprint density at radius 1 is 1.25 bits per heavy atom. The molecule has 0 atom stereocenters. The van der Waals surface area contributed by atoms with Gasteiger partial charge in [-0.2, -0.15) is 0 Å². The first-order chi connectivity index (χ1) is 9.58. The lowest BCUT2D eigenvalue weighted by molar-refractivity contribution is 0.0949. The van der Waals surface area contributed by atoms with Gasteiger partial charge in [-0.1, -0.05) is 18.2 Å². The topological polar surface area (TPSA) is 58.1 Å². The third kappa shape index (κ3) is 3.32. The monoisotopic (exact) mass is 270 g/mol. The summed E-state index contributed by atoms with van der Waals surface area (Å²) in [6.07, 6.45) is 1.69.